The third kappa shape index (κ3) is 5.07. The molecule has 2 rings (SSSR count). The number of hydrogen-bond donors (Lipinski definition) is 1. The number of carboxylic acid groups (broad SMARTS) is 1. The molecule has 1 saturated heterocycles. The number of ether oxygens (including phenoxy) is 2. The topological polar surface area (TPSA) is 63.0 Å². The molecular formula is C17H23NO4. The maximum atomic E-state index is 10.5. The van der Waals surface area contributed by atoms with Crippen LogP contribution >= 0.6 is 0 Å². The summed E-state index contributed by atoms with van der Waals surface area (Å²) < 4.78 is 11.1. The second-order valence-corrected chi connectivity index (χ2v) is 5.47. The molecule has 1 aromatic rings. The molecule has 1 aromatic carbocycles. The van der Waals surface area contributed by atoms with E-state index in [-0.39, 0.29) is 0 Å². The molecular weight excluding hydrogens is 282 g/mol. The van der Waals surface area contributed by atoms with Gasteiger partial charge in [0, 0.05) is 0 Å². The van der Waals surface area contributed by atoms with E-state index >= 15 is 0 Å². The van der Waals surface area contributed by atoms with Crippen LogP contribution in [0.1, 0.15) is 24.8 Å². The van der Waals surface area contributed by atoms with Gasteiger partial charge in [-0.3, -0.25) is 0 Å². The van der Waals surface area contributed by atoms with Gasteiger partial charge in [0.2, 0.25) is 0 Å². The number of aliphatic carboxylic acids is 1. The Morgan fingerprint density at radius 3 is 2.73 bits per heavy atom. The Balaban J connectivity index is 1.94. The van der Waals surface area contributed by atoms with Crippen LogP contribution in [0.15, 0.2) is 24.3 Å². The number of nitrogens with one attached hydrogen (secondary N) is 1. The molecule has 1 aliphatic rings. The predicted octanol–water partition coefficient (Wildman–Crippen LogP) is -0.0941. The monoisotopic (exact) mass is 305 g/mol. The Morgan fingerprint density at radius 2 is 2.05 bits per heavy atom. The molecule has 5 nitrogen and oxygen atoms in total. The Hall–Kier alpha value is -2.01. The highest BCUT2D eigenvalue weighted by Gasteiger charge is 2.13. The van der Waals surface area contributed by atoms with E-state index in [0.29, 0.717) is 18.1 Å². The molecule has 120 valence electrons. The number of piperidine rings is 1. The average molecular weight is 305 g/mol. The molecule has 0 aliphatic carbocycles. The first-order chi connectivity index (χ1) is 10.7. The lowest BCUT2D eigenvalue weighted by molar-refractivity contribution is -0.904. The van der Waals surface area contributed by atoms with E-state index in [1.165, 1.54) is 38.4 Å². The molecule has 1 heterocycles. The van der Waals surface area contributed by atoms with Crippen LogP contribution in [-0.4, -0.2) is 39.3 Å². The minimum Gasteiger partial charge on any atom is -0.545 e. The number of quaternary nitrogens is 1. The predicted molar refractivity (Wildman–Crippen MR) is 81.9 cm³/mol. The highest BCUT2D eigenvalue weighted by Crippen LogP contribution is 2.28. The van der Waals surface area contributed by atoms with Crippen molar-refractivity contribution in [1.29, 1.82) is 0 Å². The quantitative estimate of drug-likeness (QED) is 0.715. The lowest BCUT2D eigenvalue weighted by atomic mass is 10.1. The fourth-order valence-electron chi connectivity index (χ4n) is 2.68. The average Bonchev–Trinajstić information content (AvgIpc) is 2.54. The number of methoxy groups -OCH3 is 1. The zero-order chi connectivity index (χ0) is 15.8. The summed E-state index contributed by atoms with van der Waals surface area (Å²) in [7, 11) is 1.59. The van der Waals surface area contributed by atoms with Crippen LogP contribution in [0.3, 0.4) is 0 Å². The third-order valence-corrected chi connectivity index (χ3v) is 3.87. The number of benzene rings is 1. The largest absolute Gasteiger partial charge is 0.545 e. The summed E-state index contributed by atoms with van der Waals surface area (Å²) in [6, 6.07) is 5.34. The molecule has 0 radical (unpaired) electrons. The summed E-state index contributed by atoms with van der Waals surface area (Å²) in [4.78, 5) is 12.1. The molecule has 0 bridgehead atoms. The molecule has 0 spiro atoms. The molecule has 0 amide bonds. The minimum atomic E-state index is -1.22. The van der Waals surface area contributed by atoms with Crippen LogP contribution < -0.4 is 19.5 Å². The zero-order valence-electron chi connectivity index (χ0n) is 13.0. The Kier molecular flexibility index (Phi) is 6.27. The van der Waals surface area contributed by atoms with Crippen molar-refractivity contribution in [3.63, 3.8) is 0 Å². The lowest BCUT2D eigenvalue weighted by Crippen LogP contribution is -3.13. The van der Waals surface area contributed by atoms with Gasteiger partial charge in [0.05, 0.1) is 26.2 Å². The summed E-state index contributed by atoms with van der Waals surface area (Å²) >= 11 is 0. The molecule has 0 aromatic heterocycles. The summed E-state index contributed by atoms with van der Waals surface area (Å²) in [5.41, 5.74) is 0.741. The van der Waals surface area contributed by atoms with Gasteiger partial charge in [-0.2, -0.15) is 0 Å². The highest BCUT2D eigenvalue weighted by molar-refractivity contribution is 5.83. The zero-order valence-corrected chi connectivity index (χ0v) is 13.0. The van der Waals surface area contributed by atoms with E-state index in [1.807, 2.05) is 0 Å². The van der Waals surface area contributed by atoms with Crippen LogP contribution in [0.2, 0.25) is 0 Å². The fraction of sp³-hybridized carbons (Fsp3) is 0.471. The van der Waals surface area contributed by atoms with Crippen molar-refractivity contribution in [1.82, 2.24) is 0 Å². The van der Waals surface area contributed by atoms with Gasteiger partial charge >= 0.3 is 0 Å². The Bertz CT molecular complexity index is 521. The van der Waals surface area contributed by atoms with Gasteiger partial charge in [0.15, 0.2) is 11.5 Å². The number of carbonyl (C=O) groups excluding carboxylic acids is 1. The van der Waals surface area contributed by atoms with Gasteiger partial charge in [-0.25, -0.2) is 0 Å². The van der Waals surface area contributed by atoms with Crippen LogP contribution in [-0.2, 0) is 4.79 Å². The van der Waals surface area contributed by atoms with E-state index in [2.05, 4.69) is 0 Å². The van der Waals surface area contributed by atoms with E-state index in [9.17, 15) is 9.90 Å². The Labute approximate surface area is 131 Å². The maximum absolute atomic E-state index is 10.5. The molecule has 0 saturated carbocycles. The van der Waals surface area contributed by atoms with Crippen molar-refractivity contribution in [2.75, 3.05) is 33.4 Å². The van der Waals surface area contributed by atoms with Crippen molar-refractivity contribution >= 4 is 12.0 Å². The van der Waals surface area contributed by atoms with Crippen molar-refractivity contribution in [2.45, 2.75) is 19.3 Å². The standard InChI is InChI=1S/C17H23NO4/c1-21-15-7-5-14(6-8-17(19)20)13-16(15)22-12-11-18-9-3-2-4-10-18/h5-8,13H,2-4,9-12H2,1H3,(H,19,20)/b8-6+. The smallest absolute Gasteiger partial charge is 0.162 e. The maximum Gasteiger partial charge on any atom is 0.162 e. The molecule has 0 atom stereocenters. The SMILES string of the molecule is COc1ccc(/C=C/C(=O)[O-])cc1OCC[NH+]1CCCCC1. The van der Waals surface area contributed by atoms with Gasteiger partial charge < -0.3 is 24.3 Å². The lowest BCUT2D eigenvalue weighted by Gasteiger charge is -2.23. The van der Waals surface area contributed by atoms with Gasteiger partial charge in [-0.15, -0.1) is 0 Å². The van der Waals surface area contributed by atoms with Crippen LogP contribution in [0.4, 0.5) is 0 Å². The number of rotatable bonds is 7. The van der Waals surface area contributed by atoms with Crippen molar-refractivity contribution in [2.24, 2.45) is 0 Å². The van der Waals surface area contributed by atoms with Gasteiger partial charge in [-0.1, -0.05) is 12.1 Å². The summed E-state index contributed by atoms with van der Waals surface area (Å²) in [6.07, 6.45) is 6.41. The van der Waals surface area contributed by atoms with Crippen molar-refractivity contribution in [3.8, 4) is 11.5 Å². The molecule has 22 heavy (non-hydrogen) atoms. The van der Waals surface area contributed by atoms with Crippen LogP contribution in [0.25, 0.3) is 6.08 Å². The van der Waals surface area contributed by atoms with Crippen LogP contribution in [0, 0.1) is 0 Å². The molecule has 1 N–H and O–H groups in total. The summed E-state index contributed by atoms with van der Waals surface area (Å²) in [5.74, 6) is 0.0747. The molecule has 5 heteroatoms. The van der Waals surface area contributed by atoms with Crippen molar-refractivity contribution in [3.05, 3.63) is 29.8 Å². The molecule has 1 fully saturated rings. The van der Waals surface area contributed by atoms with Crippen molar-refractivity contribution < 1.29 is 24.3 Å². The fourth-order valence-corrected chi connectivity index (χ4v) is 2.68. The summed E-state index contributed by atoms with van der Waals surface area (Å²) in [6.45, 7) is 4.03. The highest BCUT2D eigenvalue weighted by atomic mass is 16.5. The van der Waals surface area contributed by atoms with E-state index < -0.39 is 5.97 Å². The van der Waals surface area contributed by atoms with E-state index in [4.69, 9.17) is 9.47 Å². The molecule has 1 aliphatic heterocycles. The normalized spacial score (nSPS) is 15.9. The Morgan fingerprint density at radius 1 is 1.27 bits per heavy atom. The minimum absolute atomic E-state index is 0.624. The summed E-state index contributed by atoms with van der Waals surface area (Å²) in [5, 5.41) is 10.5. The first-order valence-corrected chi connectivity index (χ1v) is 7.72. The molecule has 0 unspecified atom stereocenters. The van der Waals surface area contributed by atoms with E-state index in [1.54, 1.807) is 30.2 Å². The first kappa shape index (κ1) is 16.4. The number of hydrogen-bond acceptors (Lipinski definition) is 4. The number of carboxylic acids is 1. The van der Waals surface area contributed by atoms with Gasteiger partial charge in [0.1, 0.15) is 13.2 Å². The van der Waals surface area contributed by atoms with E-state index in [0.717, 1.165) is 18.2 Å². The number of likely N-dealkylation sites (tertiary alicyclic amines) is 1. The number of carbonyl (C=O) groups is 1. The van der Waals surface area contributed by atoms with Gasteiger partial charge in [0.25, 0.3) is 0 Å². The van der Waals surface area contributed by atoms with Gasteiger partial charge in [-0.05, 0) is 43.0 Å². The van der Waals surface area contributed by atoms with Crippen LogP contribution in [0.5, 0.6) is 11.5 Å². The second-order valence-electron chi connectivity index (χ2n) is 5.47. The third-order valence-electron chi connectivity index (χ3n) is 3.87. The second kappa shape index (κ2) is 8.44. The first-order valence-electron chi connectivity index (χ1n) is 7.72.